The number of hydrogen-bond donors (Lipinski definition) is 0. The first kappa shape index (κ1) is 17.0. The first-order valence-electron chi connectivity index (χ1n) is 9.10. The highest BCUT2D eigenvalue weighted by Gasteiger charge is 2.48. The van der Waals surface area contributed by atoms with Crippen molar-refractivity contribution < 1.29 is 9.18 Å². The molecule has 4 heteroatoms. The van der Waals surface area contributed by atoms with Gasteiger partial charge in [-0.05, 0) is 90.8 Å². The average Bonchev–Trinajstić information content (AvgIpc) is 3.13. The van der Waals surface area contributed by atoms with Crippen LogP contribution in [0.4, 0.5) is 4.39 Å². The number of nitrogens with zero attached hydrogens (tertiary/aromatic N) is 1. The molecule has 0 bridgehead atoms. The van der Waals surface area contributed by atoms with Gasteiger partial charge < -0.3 is 0 Å². The van der Waals surface area contributed by atoms with E-state index in [1.54, 1.807) is 12.1 Å². The summed E-state index contributed by atoms with van der Waals surface area (Å²) in [5.41, 5.74) is 1.65. The van der Waals surface area contributed by atoms with Gasteiger partial charge in [-0.1, -0.05) is 13.8 Å². The average molecular weight is 360 g/mol. The van der Waals surface area contributed by atoms with Crippen molar-refractivity contribution in [3.05, 3.63) is 41.8 Å². The molecule has 132 valence electrons. The van der Waals surface area contributed by atoms with Crippen LogP contribution in [-0.2, 0) is 4.79 Å². The van der Waals surface area contributed by atoms with E-state index in [0.717, 1.165) is 36.6 Å². The molecule has 1 heterocycles. The SMILES string of the molecule is CC(C)(C(=O)Cl)[C@@H]1CC2C[C@H](c3ccnc4ccc(F)cc34)C[C@@H]2C1. The van der Waals surface area contributed by atoms with Crippen LogP contribution < -0.4 is 0 Å². The number of rotatable bonds is 3. The van der Waals surface area contributed by atoms with Gasteiger partial charge in [0.15, 0.2) is 0 Å². The number of benzene rings is 1. The number of carbonyl (C=O) groups excluding carboxylic acids is 1. The molecule has 1 aromatic heterocycles. The highest BCUT2D eigenvalue weighted by molar-refractivity contribution is 6.64. The third-order valence-electron chi connectivity index (χ3n) is 6.72. The topological polar surface area (TPSA) is 30.0 Å². The highest BCUT2D eigenvalue weighted by atomic mass is 35.5. The maximum atomic E-state index is 13.7. The molecule has 2 nitrogen and oxygen atoms in total. The van der Waals surface area contributed by atoms with E-state index in [0.29, 0.717) is 23.7 Å². The summed E-state index contributed by atoms with van der Waals surface area (Å²) in [6, 6.07) is 6.90. The second kappa shape index (κ2) is 6.05. The molecule has 1 unspecified atom stereocenters. The van der Waals surface area contributed by atoms with Crippen molar-refractivity contribution in [3.63, 3.8) is 0 Å². The largest absolute Gasteiger partial charge is 0.281 e. The van der Waals surface area contributed by atoms with Gasteiger partial charge >= 0.3 is 0 Å². The van der Waals surface area contributed by atoms with Crippen LogP contribution >= 0.6 is 11.6 Å². The molecule has 0 radical (unpaired) electrons. The molecule has 0 amide bonds. The van der Waals surface area contributed by atoms with Crippen LogP contribution in [0.1, 0.15) is 51.0 Å². The number of fused-ring (bicyclic) bond motifs is 2. The van der Waals surface area contributed by atoms with Gasteiger partial charge in [-0.25, -0.2) is 4.39 Å². The zero-order valence-electron chi connectivity index (χ0n) is 14.6. The molecule has 0 N–H and O–H groups in total. The summed E-state index contributed by atoms with van der Waals surface area (Å²) in [5, 5.41) is 0.727. The van der Waals surface area contributed by atoms with Crippen LogP contribution in [-0.4, -0.2) is 10.2 Å². The first-order chi connectivity index (χ1) is 11.9. The van der Waals surface area contributed by atoms with E-state index in [-0.39, 0.29) is 11.1 Å². The molecule has 2 fully saturated rings. The molecule has 2 saturated carbocycles. The van der Waals surface area contributed by atoms with Crippen LogP contribution in [0.5, 0.6) is 0 Å². The predicted molar refractivity (Wildman–Crippen MR) is 98.0 cm³/mol. The Morgan fingerprint density at radius 1 is 1.16 bits per heavy atom. The number of halogens is 2. The van der Waals surface area contributed by atoms with E-state index in [1.165, 1.54) is 11.6 Å². The van der Waals surface area contributed by atoms with E-state index in [4.69, 9.17) is 11.6 Å². The summed E-state index contributed by atoms with van der Waals surface area (Å²) in [6.45, 7) is 3.95. The van der Waals surface area contributed by atoms with Gasteiger partial charge in [0.05, 0.1) is 5.52 Å². The van der Waals surface area contributed by atoms with E-state index >= 15 is 0 Å². The molecule has 0 saturated heterocycles. The fraction of sp³-hybridized carbons (Fsp3) is 0.524. The Hall–Kier alpha value is -1.48. The van der Waals surface area contributed by atoms with Crippen molar-refractivity contribution in [1.29, 1.82) is 0 Å². The van der Waals surface area contributed by atoms with Gasteiger partial charge in [0.25, 0.3) is 0 Å². The van der Waals surface area contributed by atoms with E-state index in [1.807, 2.05) is 20.0 Å². The lowest BCUT2D eigenvalue weighted by molar-refractivity contribution is -0.121. The van der Waals surface area contributed by atoms with Gasteiger partial charge in [0.1, 0.15) is 5.82 Å². The summed E-state index contributed by atoms with van der Waals surface area (Å²) < 4.78 is 13.7. The maximum absolute atomic E-state index is 13.7. The monoisotopic (exact) mass is 359 g/mol. The van der Waals surface area contributed by atoms with Crippen LogP contribution in [0.3, 0.4) is 0 Å². The van der Waals surface area contributed by atoms with Crippen LogP contribution in [0.25, 0.3) is 10.9 Å². The molecular weight excluding hydrogens is 337 g/mol. The van der Waals surface area contributed by atoms with Crippen molar-refractivity contribution in [3.8, 4) is 0 Å². The van der Waals surface area contributed by atoms with Gasteiger partial charge in [0.2, 0.25) is 5.24 Å². The smallest absolute Gasteiger partial charge is 0.227 e. The van der Waals surface area contributed by atoms with Crippen molar-refractivity contribution in [1.82, 2.24) is 4.98 Å². The lowest BCUT2D eigenvalue weighted by Gasteiger charge is -2.28. The summed E-state index contributed by atoms with van der Waals surface area (Å²) in [6.07, 6.45) is 6.21. The first-order valence-corrected chi connectivity index (χ1v) is 9.48. The van der Waals surface area contributed by atoms with Crippen molar-refractivity contribution in [2.75, 3.05) is 0 Å². The van der Waals surface area contributed by atoms with Crippen LogP contribution in [0.15, 0.2) is 30.5 Å². The lowest BCUT2D eigenvalue weighted by atomic mass is 9.77. The summed E-state index contributed by atoms with van der Waals surface area (Å²) in [4.78, 5) is 16.1. The van der Waals surface area contributed by atoms with E-state index < -0.39 is 5.41 Å². The predicted octanol–water partition coefficient (Wildman–Crippen LogP) is 5.69. The van der Waals surface area contributed by atoms with E-state index in [9.17, 15) is 9.18 Å². The molecule has 25 heavy (non-hydrogen) atoms. The minimum Gasteiger partial charge on any atom is -0.281 e. The van der Waals surface area contributed by atoms with Crippen molar-refractivity contribution in [2.45, 2.75) is 45.4 Å². The number of carbonyl (C=O) groups is 1. The van der Waals surface area contributed by atoms with Crippen molar-refractivity contribution in [2.24, 2.45) is 23.2 Å². The van der Waals surface area contributed by atoms with Crippen LogP contribution in [0.2, 0.25) is 0 Å². The summed E-state index contributed by atoms with van der Waals surface area (Å²) in [7, 11) is 0. The molecule has 0 spiro atoms. The summed E-state index contributed by atoms with van der Waals surface area (Å²) in [5.74, 6) is 1.91. The number of hydrogen-bond acceptors (Lipinski definition) is 2. The standard InChI is InChI=1S/C21H23ClFNO/c1-21(2,20(22)25)15-9-12-7-14(8-13(12)10-15)17-5-6-24-19-4-3-16(23)11-18(17)19/h3-6,11-15H,7-10H2,1-2H3/t12-,13?,14-,15+/m1/s1. The molecule has 2 aliphatic carbocycles. The Labute approximate surface area is 152 Å². The minimum absolute atomic E-state index is 0.206. The molecule has 1 aromatic carbocycles. The van der Waals surface area contributed by atoms with Crippen molar-refractivity contribution >= 4 is 27.7 Å². The zero-order valence-corrected chi connectivity index (χ0v) is 15.4. The fourth-order valence-corrected chi connectivity index (χ4v) is 5.27. The summed E-state index contributed by atoms with van der Waals surface area (Å²) >= 11 is 5.83. The Morgan fingerprint density at radius 2 is 1.84 bits per heavy atom. The highest BCUT2D eigenvalue weighted by Crippen LogP contribution is 2.56. The Kier molecular flexibility index (Phi) is 4.10. The maximum Gasteiger partial charge on any atom is 0.227 e. The van der Waals surface area contributed by atoms with Crippen LogP contribution in [0, 0.1) is 29.0 Å². The second-order valence-corrected chi connectivity index (χ2v) is 8.76. The van der Waals surface area contributed by atoms with Gasteiger partial charge in [-0.2, -0.15) is 0 Å². The third-order valence-corrected chi connectivity index (χ3v) is 7.21. The molecule has 0 aliphatic heterocycles. The quantitative estimate of drug-likeness (QED) is 0.659. The molecule has 4 rings (SSSR count). The van der Waals surface area contributed by atoms with Gasteiger partial charge in [0, 0.05) is 17.0 Å². The minimum atomic E-state index is -0.437. The molecular formula is C21H23ClFNO. The second-order valence-electron chi connectivity index (χ2n) is 8.41. The zero-order chi connectivity index (χ0) is 17.8. The Bertz CT molecular complexity index is 820. The number of aromatic nitrogens is 1. The third kappa shape index (κ3) is 2.87. The molecule has 2 aliphatic rings. The fourth-order valence-electron chi connectivity index (χ4n) is 5.12. The lowest BCUT2D eigenvalue weighted by Crippen LogP contribution is -2.28. The molecule has 4 atom stereocenters. The Balaban J connectivity index is 1.56. The Morgan fingerprint density at radius 3 is 2.48 bits per heavy atom. The number of pyridine rings is 1. The van der Waals surface area contributed by atoms with Gasteiger partial charge in [-0.15, -0.1) is 0 Å². The van der Waals surface area contributed by atoms with Gasteiger partial charge in [-0.3, -0.25) is 9.78 Å². The normalized spacial score (nSPS) is 29.1. The van der Waals surface area contributed by atoms with E-state index in [2.05, 4.69) is 11.1 Å². The molecule has 2 aromatic rings.